The van der Waals surface area contributed by atoms with Gasteiger partial charge in [0.1, 0.15) is 18.2 Å². The number of imidazole rings is 1. The van der Waals surface area contributed by atoms with Gasteiger partial charge in [0.05, 0.1) is 29.4 Å². The predicted octanol–water partition coefficient (Wildman–Crippen LogP) is 1.73. The minimum Gasteiger partial charge on any atom is -0.486 e. The first-order valence-electron chi connectivity index (χ1n) is 8.15. The van der Waals surface area contributed by atoms with Gasteiger partial charge in [-0.25, -0.2) is 13.4 Å². The largest absolute Gasteiger partial charge is 0.486 e. The molecule has 0 unspecified atom stereocenters. The smallest absolute Gasteiger partial charge is 0.217 e. The fourth-order valence-corrected chi connectivity index (χ4v) is 5.14. The second kappa shape index (κ2) is 5.86. The maximum Gasteiger partial charge on any atom is 0.217 e. The molecule has 1 aliphatic carbocycles. The highest BCUT2D eigenvalue weighted by Crippen LogP contribution is 2.36. The van der Waals surface area contributed by atoms with Crippen LogP contribution < -0.4 is 4.74 Å². The van der Waals surface area contributed by atoms with E-state index in [0.29, 0.717) is 25.4 Å². The molecule has 2 aliphatic rings. The van der Waals surface area contributed by atoms with Gasteiger partial charge in [-0.3, -0.25) is 4.98 Å². The van der Waals surface area contributed by atoms with Crippen LogP contribution in [0.2, 0.25) is 0 Å². The van der Waals surface area contributed by atoms with E-state index in [4.69, 9.17) is 4.74 Å². The van der Waals surface area contributed by atoms with E-state index >= 15 is 0 Å². The Morgan fingerprint density at radius 3 is 2.83 bits per heavy atom. The second-order valence-corrected chi connectivity index (χ2v) is 8.43. The maximum atomic E-state index is 12.5. The third kappa shape index (κ3) is 2.69. The van der Waals surface area contributed by atoms with Crippen molar-refractivity contribution in [1.82, 2.24) is 18.8 Å². The molecule has 1 aliphatic heterocycles. The Bertz CT molecular complexity index is 830. The summed E-state index contributed by atoms with van der Waals surface area (Å²) in [4.78, 5) is 8.48. The molecule has 0 aromatic carbocycles. The lowest BCUT2D eigenvalue weighted by Gasteiger charge is -2.33. The van der Waals surface area contributed by atoms with Gasteiger partial charge < -0.3 is 9.30 Å². The molecule has 128 valence electrons. The van der Waals surface area contributed by atoms with Crippen LogP contribution in [0.5, 0.6) is 5.75 Å². The summed E-state index contributed by atoms with van der Waals surface area (Å²) >= 11 is 0. The standard InChI is InChI=1S/C16H20N4O3S/c1-12-16-18-9-13(11-23-14-3-2-6-17-10-14)19(16)7-8-20(12)24(21,22)15-4-5-15/h2-3,6,9-10,12,15H,4-5,7-8,11H2,1H3/t12-/m1/s1. The van der Waals surface area contributed by atoms with Crippen molar-refractivity contribution in [2.75, 3.05) is 6.54 Å². The highest BCUT2D eigenvalue weighted by Gasteiger charge is 2.44. The first kappa shape index (κ1) is 15.6. The summed E-state index contributed by atoms with van der Waals surface area (Å²) in [5.74, 6) is 1.49. The Balaban J connectivity index is 1.52. The average Bonchev–Trinajstić information content (AvgIpc) is 3.36. The van der Waals surface area contributed by atoms with Gasteiger partial charge in [-0.15, -0.1) is 0 Å². The number of rotatable bonds is 5. The number of aromatic nitrogens is 3. The summed E-state index contributed by atoms with van der Waals surface area (Å²) in [6.07, 6.45) is 6.70. The fraction of sp³-hybridized carbons (Fsp3) is 0.500. The van der Waals surface area contributed by atoms with E-state index in [1.807, 2.05) is 19.1 Å². The van der Waals surface area contributed by atoms with Crippen LogP contribution >= 0.6 is 0 Å². The molecule has 0 spiro atoms. The third-order valence-electron chi connectivity index (χ3n) is 4.61. The van der Waals surface area contributed by atoms with E-state index in [2.05, 4.69) is 14.5 Å². The molecule has 0 N–H and O–H groups in total. The van der Waals surface area contributed by atoms with Crippen LogP contribution in [-0.2, 0) is 23.2 Å². The van der Waals surface area contributed by atoms with E-state index in [0.717, 1.165) is 24.4 Å². The first-order chi connectivity index (χ1) is 11.6. The van der Waals surface area contributed by atoms with Gasteiger partial charge in [-0.05, 0) is 31.9 Å². The molecule has 2 aromatic rings. The summed E-state index contributed by atoms with van der Waals surface area (Å²) in [6.45, 7) is 3.39. The van der Waals surface area contributed by atoms with Gasteiger partial charge in [-0.1, -0.05) is 0 Å². The minimum atomic E-state index is -3.19. The van der Waals surface area contributed by atoms with Gasteiger partial charge in [0.25, 0.3) is 0 Å². The Labute approximate surface area is 141 Å². The summed E-state index contributed by atoms with van der Waals surface area (Å²) in [6, 6.07) is 3.44. The van der Waals surface area contributed by atoms with Gasteiger partial charge in [0.15, 0.2) is 0 Å². The molecular weight excluding hydrogens is 328 g/mol. The zero-order valence-electron chi connectivity index (χ0n) is 13.5. The lowest BCUT2D eigenvalue weighted by Crippen LogP contribution is -2.43. The molecule has 0 bridgehead atoms. The summed E-state index contributed by atoms with van der Waals surface area (Å²) in [5, 5.41) is -0.185. The predicted molar refractivity (Wildman–Crippen MR) is 87.9 cm³/mol. The molecule has 24 heavy (non-hydrogen) atoms. The fourth-order valence-electron chi connectivity index (χ4n) is 3.15. The van der Waals surface area contributed by atoms with E-state index in [-0.39, 0.29) is 11.3 Å². The lowest BCUT2D eigenvalue weighted by atomic mass is 10.2. The van der Waals surface area contributed by atoms with Crippen molar-refractivity contribution < 1.29 is 13.2 Å². The molecule has 8 heteroatoms. The van der Waals surface area contributed by atoms with Crippen molar-refractivity contribution in [2.45, 2.75) is 44.2 Å². The molecular formula is C16H20N4O3S. The highest BCUT2D eigenvalue weighted by atomic mass is 32.2. The van der Waals surface area contributed by atoms with Crippen LogP contribution in [-0.4, -0.2) is 39.1 Å². The van der Waals surface area contributed by atoms with Crippen molar-refractivity contribution in [2.24, 2.45) is 0 Å². The number of fused-ring (bicyclic) bond motifs is 1. The van der Waals surface area contributed by atoms with Crippen LogP contribution in [0.25, 0.3) is 0 Å². The van der Waals surface area contributed by atoms with E-state index < -0.39 is 10.0 Å². The Kier molecular flexibility index (Phi) is 3.80. The second-order valence-electron chi connectivity index (χ2n) is 6.27. The molecule has 1 fully saturated rings. The lowest BCUT2D eigenvalue weighted by molar-refractivity contribution is 0.255. The normalized spacial score (nSPS) is 21.5. The SMILES string of the molecule is C[C@@H]1c2ncc(COc3cccnc3)n2CCN1S(=O)(=O)C1CC1. The van der Waals surface area contributed by atoms with E-state index in [1.54, 1.807) is 22.9 Å². The van der Waals surface area contributed by atoms with Crippen LogP contribution in [0.3, 0.4) is 0 Å². The van der Waals surface area contributed by atoms with Gasteiger partial charge in [0, 0.05) is 19.3 Å². The van der Waals surface area contributed by atoms with Gasteiger partial charge in [-0.2, -0.15) is 4.31 Å². The van der Waals surface area contributed by atoms with Crippen molar-refractivity contribution in [3.63, 3.8) is 0 Å². The molecule has 1 atom stereocenters. The quantitative estimate of drug-likeness (QED) is 0.822. The molecule has 4 rings (SSSR count). The van der Waals surface area contributed by atoms with Crippen molar-refractivity contribution >= 4 is 10.0 Å². The molecule has 1 saturated carbocycles. The van der Waals surface area contributed by atoms with E-state index in [1.165, 1.54) is 0 Å². The van der Waals surface area contributed by atoms with Crippen LogP contribution in [0.1, 0.15) is 37.3 Å². The number of ether oxygens (including phenoxy) is 1. The molecule has 7 nitrogen and oxygen atoms in total. The molecule has 2 aromatic heterocycles. The molecule has 0 saturated heterocycles. The zero-order valence-corrected chi connectivity index (χ0v) is 14.3. The molecule has 0 radical (unpaired) electrons. The van der Waals surface area contributed by atoms with Crippen molar-refractivity contribution in [3.05, 3.63) is 42.2 Å². The summed E-state index contributed by atoms with van der Waals surface area (Å²) in [5.41, 5.74) is 0.948. The van der Waals surface area contributed by atoms with Crippen molar-refractivity contribution in [1.29, 1.82) is 0 Å². The van der Waals surface area contributed by atoms with Crippen LogP contribution in [0, 0.1) is 0 Å². The van der Waals surface area contributed by atoms with Gasteiger partial charge in [0.2, 0.25) is 10.0 Å². The van der Waals surface area contributed by atoms with Crippen LogP contribution in [0.4, 0.5) is 0 Å². The minimum absolute atomic E-state index is 0.185. The maximum absolute atomic E-state index is 12.5. The topological polar surface area (TPSA) is 77.3 Å². The number of pyridine rings is 1. The Morgan fingerprint density at radius 1 is 1.29 bits per heavy atom. The number of hydrogen-bond acceptors (Lipinski definition) is 5. The number of sulfonamides is 1. The first-order valence-corrected chi connectivity index (χ1v) is 9.65. The number of nitrogens with zero attached hydrogens (tertiary/aromatic N) is 4. The molecule has 0 amide bonds. The third-order valence-corrected chi connectivity index (χ3v) is 7.08. The Hall–Kier alpha value is -1.93. The number of hydrogen-bond donors (Lipinski definition) is 0. The average molecular weight is 348 g/mol. The zero-order chi connectivity index (χ0) is 16.7. The van der Waals surface area contributed by atoms with Gasteiger partial charge >= 0.3 is 0 Å². The highest BCUT2D eigenvalue weighted by molar-refractivity contribution is 7.90. The van der Waals surface area contributed by atoms with Crippen LogP contribution in [0.15, 0.2) is 30.7 Å². The Morgan fingerprint density at radius 2 is 2.12 bits per heavy atom. The van der Waals surface area contributed by atoms with E-state index in [9.17, 15) is 8.42 Å². The summed E-state index contributed by atoms with van der Waals surface area (Å²) < 4.78 is 34.5. The monoisotopic (exact) mass is 348 g/mol. The summed E-state index contributed by atoms with van der Waals surface area (Å²) in [7, 11) is -3.19. The van der Waals surface area contributed by atoms with Crippen molar-refractivity contribution in [3.8, 4) is 5.75 Å². The molecule has 3 heterocycles.